The van der Waals surface area contributed by atoms with Crippen LogP contribution in [0.4, 0.5) is 5.82 Å². The molecule has 2 heterocycles. The van der Waals surface area contributed by atoms with E-state index in [1.54, 1.807) is 24.3 Å². The molecule has 27 heavy (non-hydrogen) atoms. The van der Waals surface area contributed by atoms with Gasteiger partial charge in [0, 0.05) is 36.9 Å². The maximum absolute atomic E-state index is 11.9. The zero-order valence-corrected chi connectivity index (χ0v) is 15.3. The summed E-state index contributed by atoms with van der Waals surface area (Å²) in [5.74, 6) is 0.0764. The van der Waals surface area contributed by atoms with E-state index in [-0.39, 0.29) is 42.3 Å². The Morgan fingerprint density at radius 1 is 1.22 bits per heavy atom. The number of hydrogen-bond donors (Lipinski definition) is 3. The lowest BCUT2D eigenvalue weighted by molar-refractivity contribution is 0.0697. The fraction of sp³-hybridized carbons (Fsp3) is 0.474. The van der Waals surface area contributed by atoms with Crippen LogP contribution in [-0.4, -0.2) is 52.7 Å². The van der Waals surface area contributed by atoms with Crippen LogP contribution in [-0.2, 0) is 0 Å². The number of fused-ring (bicyclic) bond motifs is 1. The molecule has 1 saturated heterocycles. The maximum Gasteiger partial charge on any atom is 0.343 e. The summed E-state index contributed by atoms with van der Waals surface area (Å²) in [6, 6.07) is 6.74. The van der Waals surface area contributed by atoms with E-state index in [4.69, 9.17) is 16.1 Å². The molecule has 1 aromatic heterocycles. The Kier molecular flexibility index (Phi) is 4.84. The molecule has 2 aliphatic rings. The number of anilines is 1. The van der Waals surface area contributed by atoms with E-state index in [0.29, 0.717) is 35.4 Å². The lowest BCUT2D eigenvalue weighted by Gasteiger charge is -2.23. The van der Waals surface area contributed by atoms with Crippen molar-refractivity contribution in [3.05, 3.63) is 34.9 Å². The molecule has 1 aliphatic heterocycles. The van der Waals surface area contributed by atoms with Gasteiger partial charge < -0.3 is 24.7 Å². The predicted molar refractivity (Wildman–Crippen MR) is 98.9 cm³/mol. The molecule has 0 amide bonds. The SMILES string of the molecule is O=C(O)c1c(N2C[C@@H]3C[C@H](CO)[C@H](CO)[C@@H]3C2)noc1-c1ccc(Cl)cc1. The van der Waals surface area contributed by atoms with Crippen LogP contribution >= 0.6 is 11.6 Å². The molecule has 0 radical (unpaired) electrons. The van der Waals surface area contributed by atoms with E-state index in [9.17, 15) is 20.1 Å². The lowest BCUT2D eigenvalue weighted by atomic mass is 9.89. The lowest BCUT2D eigenvalue weighted by Crippen LogP contribution is -2.29. The number of benzene rings is 1. The molecule has 2 aromatic rings. The summed E-state index contributed by atoms with van der Waals surface area (Å²) in [4.78, 5) is 13.9. The van der Waals surface area contributed by atoms with Gasteiger partial charge in [0.15, 0.2) is 17.1 Å². The quantitative estimate of drug-likeness (QED) is 0.717. The Morgan fingerprint density at radius 3 is 2.59 bits per heavy atom. The second kappa shape index (κ2) is 7.14. The van der Waals surface area contributed by atoms with Gasteiger partial charge >= 0.3 is 5.97 Å². The Bertz CT molecular complexity index is 837. The van der Waals surface area contributed by atoms with E-state index in [2.05, 4.69) is 5.16 Å². The summed E-state index contributed by atoms with van der Waals surface area (Å²) in [7, 11) is 0. The first-order chi connectivity index (χ1) is 13.0. The van der Waals surface area contributed by atoms with Gasteiger partial charge in [-0.1, -0.05) is 16.8 Å². The molecule has 4 rings (SSSR count). The number of aromatic nitrogens is 1. The topological polar surface area (TPSA) is 107 Å². The molecular formula is C19H21ClN2O5. The van der Waals surface area contributed by atoms with Crippen LogP contribution in [0.1, 0.15) is 16.8 Å². The summed E-state index contributed by atoms with van der Waals surface area (Å²) < 4.78 is 5.41. The normalized spacial score (nSPS) is 27.1. The number of aromatic carboxylic acids is 1. The van der Waals surface area contributed by atoms with Gasteiger partial charge in [-0.2, -0.15) is 0 Å². The molecule has 0 spiro atoms. The number of hydrogen-bond acceptors (Lipinski definition) is 6. The molecule has 1 aliphatic carbocycles. The third-order valence-corrected chi connectivity index (χ3v) is 6.24. The van der Waals surface area contributed by atoms with Gasteiger partial charge in [-0.3, -0.25) is 0 Å². The van der Waals surface area contributed by atoms with Crippen LogP contribution in [0.15, 0.2) is 28.8 Å². The van der Waals surface area contributed by atoms with E-state index in [1.165, 1.54) is 0 Å². The zero-order valence-electron chi connectivity index (χ0n) is 14.6. The van der Waals surface area contributed by atoms with Gasteiger partial charge in [-0.15, -0.1) is 0 Å². The van der Waals surface area contributed by atoms with Crippen molar-refractivity contribution in [1.29, 1.82) is 0 Å². The van der Waals surface area contributed by atoms with Crippen LogP contribution in [0.25, 0.3) is 11.3 Å². The number of halogens is 1. The average Bonchev–Trinajstić information content (AvgIpc) is 3.33. The van der Waals surface area contributed by atoms with E-state index < -0.39 is 5.97 Å². The number of rotatable bonds is 5. The van der Waals surface area contributed by atoms with Crippen molar-refractivity contribution in [2.24, 2.45) is 23.7 Å². The molecule has 8 heteroatoms. The standard InChI is InChI=1S/C19H21ClN2O5/c20-13-3-1-10(2-4-13)17-16(19(25)26)18(21-27-17)22-6-11-5-12(8-23)15(9-24)14(11)7-22/h1-4,11-12,14-15,23-24H,5-9H2,(H,25,26)/t11-,12+,14+,15-/m0/s1. The highest BCUT2D eigenvalue weighted by atomic mass is 35.5. The van der Waals surface area contributed by atoms with Crippen LogP contribution in [0, 0.1) is 23.7 Å². The van der Waals surface area contributed by atoms with Crippen molar-refractivity contribution < 1.29 is 24.6 Å². The first kappa shape index (κ1) is 18.3. The van der Waals surface area contributed by atoms with Crippen LogP contribution in [0.5, 0.6) is 0 Å². The molecule has 4 atom stereocenters. The highest BCUT2D eigenvalue weighted by Gasteiger charge is 2.48. The highest BCUT2D eigenvalue weighted by molar-refractivity contribution is 6.30. The fourth-order valence-electron chi connectivity index (χ4n) is 4.70. The fourth-order valence-corrected chi connectivity index (χ4v) is 4.83. The number of aliphatic hydroxyl groups excluding tert-OH is 2. The first-order valence-electron chi connectivity index (χ1n) is 8.99. The Labute approximate surface area is 161 Å². The maximum atomic E-state index is 11.9. The largest absolute Gasteiger partial charge is 0.477 e. The van der Waals surface area contributed by atoms with Gasteiger partial charge in [0.25, 0.3) is 0 Å². The van der Waals surface area contributed by atoms with E-state index in [1.807, 2.05) is 4.90 Å². The van der Waals surface area contributed by atoms with Crippen molar-refractivity contribution in [2.45, 2.75) is 6.42 Å². The van der Waals surface area contributed by atoms with Crippen molar-refractivity contribution in [3.8, 4) is 11.3 Å². The van der Waals surface area contributed by atoms with Gasteiger partial charge in [-0.05, 0) is 54.4 Å². The summed E-state index contributed by atoms with van der Waals surface area (Å²) in [6.45, 7) is 1.34. The second-order valence-electron chi connectivity index (χ2n) is 7.38. The van der Waals surface area contributed by atoms with Crippen molar-refractivity contribution in [3.63, 3.8) is 0 Å². The summed E-state index contributed by atoms with van der Waals surface area (Å²) in [6.07, 6.45) is 0.827. The molecule has 144 valence electrons. The Balaban J connectivity index is 1.64. The first-order valence-corrected chi connectivity index (χ1v) is 9.36. The molecule has 3 N–H and O–H groups in total. The summed E-state index contributed by atoms with van der Waals surface area (Å²) in [5.41, 5.74) is 0.639. The van der Waals surface area contributed by atoms with Crippen LogP contribution in [0.2, 0.25) is 5.02 Å². The molecule has 1 aromatic carbocycles. The predicted octanol–water partition coefficient (Wildman–Crippen LogP) is 2.37. The molecule has 2 fully saturated rings. The van der Waals surface area contributed by atoms with Crippen LogP contribution < -0.4 is 4.90 Å². The minimum absolute atomic E-state index is 0.0286. The zero-order chi connectivity index (χ0) is 19.1. The average molecular weight is 393 g/mol. The van der Waals surface area contributed by atoms with Crippen molar-refractivity contribution >= 4 is 23.4 Å². The van der Waals surface area contributed by atoms with Gasteiger partial charge in [-0.25, -0.2) is 4.79 Å². The van der Waals surface area contributed by atoms with Crippen molar-refractivity contribution in [2.75, 3.05) is 31.2 Å². The monoisotopic (exact) mass is 392 g/mol. The minimum atomic E-state index is -1.10. The summed E-state index contributed by atoms with van der Waals surface area (Å²) >= 11 is 5.91. The van der Waals surface area contributed by atoms with E-state index in [0.717, 1.165) is 6.42 Å². The molecule has 0 bridgehead atoms. The second-order valence-corrected chi connectivity index (χ2v) is 7.81. The minimum Gasteiger partial charge on any atom is -0.477 e. The van der Waals surface area contributed by atoms with Gasteiger partial charge in [0.2, 0.25) is 0 Å². The Hall–Kier alpha value is -2.09. The third kappa shape index (κ3) is 3.09. The number of carboxylic acid groups (broad SMARTS) is 1. The number of carbonyl (C=O) groups is 1. The van der Waals surface area contributed by atoms with Crippen LogP contribution in [0.3, 0.4) is 0 Å². The van der Waals surface area contributed by atoms with Gasteiger partial charge in [0.1, 0.15) is 0 Å². The molecule has 0 unspecified atom stereocenters. The van der Waals surface area contributed by atoms with Crippen molar-refractivity contribution in [1.82, 2.24) is 5.16 Å². The molecular weight excluding hydrogens is 372 g/mol. The van der Waals surface area contributed by atoms with E-state index >= 15 is 0 Å². The molecule has 1 saturated carbocycles. The third-order valence-electron chi connectivity index (χ3n) is 5.99. The highest BCUT2D eigenvalue weighted by Crippen LogP contribution is 2.47. The van der Waals surface area contributed by atoms with Gasteiger partial charge in [0.05, 0.1) is 0 Å². The Morgan fingerprint density at radius 2 is 1.96 bits per heavy atom. The smallest absolute Gasteiger partial charge is 0.343 e. The summed E-state index contributed by atoms with van der Waals surface area (Å²) in [5, 5.41) is 33.6. The number of aliphatic hydroxyl groups is 2. The molecule has 7 nitrogen and oxygen atoms in total. The number of nitrogens with zero attached hydrogens (tertiary/aromatic N) is 2. The number of carboxylic acids is 1.